The molecule has 2 aromatic rings. The fourth-order valence-electron chi connectivity index (χ4n) is 3.84. The summed E-state index contributed by atoms with van der Waals surface area (Å²) in [6.07, 6.45) is 3.09. The Labute approximate surface area is 182 Å². The molecule has 168 valence electrons. The van der Waals surface area contributed by atoms with Crippen molar-refractivity contribution < 1.29 is 19.1 Å². The molecule has 0 saturated carbocycles. The summed E-state index contributed by atoms with van der Waals surface area (Å²) in [5.74, 6) is -0.182. The van der Waals surface area contributed by atoms with Crippen molar-refractivity contribution in [2.24, 2.45) is 7.05 Å². The molecule has 0 bridgehead atoms. The number of rotatable bonds is 7. The van der Waals surface area contributed by atoms with Gasteiger partial charge in [0.1, 0.15) is 11.6 Å². The molecule has 0 aliphatic carbocycles. The summed E-state index contributed by atoms with van der Waals surface area (Å²) in [5.41, 5.74) is 1.35. The summed E-state index contributed by atoms with van der Waals surface area (Å²) in [6.45, 7) is 6.87. The third-order valence-electron chi connectivity index (χ3n) is 5.26. The fourth-order valence-corrected chi connectivity index (χ4v) is 3.84. The van der Waals surface area contributed by atoms with E-state index in [1.807, 2.05) is 42.1 Å². The minimum atomic E-state index is -0.796. The van der Waals surface area contributed by atoms with Gasteiger partial charge in [0.05, 0.1) is 0 Å². The zero-order valence-corrected chi connectivity index (χ0v) is 18.7. The second kappa shape index (κ2) is 9.41. The van der Waals surface area contributed by atoms with Gasteiger partial charge in [-0.1, -0.05) is 18.2 Å². The number of likely N-dealkylation sites (tertiary alicyclic amines) is 1. The molecule has 1 aromatic heterocycles. The largest absolute Gasteiger partial charge is 0.444 e. The van der Waals surface area contributed by atoms with E-state index in [4.69, 9.17) is 4.74 Å². The number of carbonyl (C=O) groups excluding carboxylic acids is 3. The van der Waals surface area contributed by atoms with E-state index >= 15 is 0 Å². The van der Waals surface area contributed by atoms with Crippen molar-refractivity contribution in [1.29, 1.82) is 0 Å². The van der Waals surface area contributed by atoms with Gasteiger partial charge in [-0.05, 0) is 38.8 Å². The van der Waals surface area contributed by atoms with Crippen molar-refractivity contribution in [3.63, 3.8) is 0 Å². The quantitative estimate of drug-likeness (QED) is 0.708. The Kier molecular flexibility index (Phi) is 6.87. The number of hydrogen-bond donors (Lipinski definition) is 2. The Morgan fingerprint density at radius 3 is 2.65 bits per heavy atom. The third-order valence-corrected chi connectivity index (χ3v) is 5.26. The van der Waals surface area contributed by atoms with Crippen LogP contribution in [-0.2, 0) is 27.8 Å². The highest BCUT2D eigenvalue weighted by atomic mass is 16.6. The van der Waals surface area contributed by atoms with Crippen molar-refractivity contribution in [2.45, 2.75) is 51.7 Å². The number of nitrogens with zero attached hydrogens (tertiary/aromatic N) is 2. The molecule has 1 aliphatic rings. The Balaban J connectivity index is 1.71. The smallest absolute Gasteiger partial charge is 0.408 e. The lowest BCUT2D eigenvalue weighted by molar-refractivity contribution is -0.128. The highest BCUT2D eigenvalue weighted by Crippen LogP contribution is 2.22. The van der Waals surface area contributed by atoms with Crippen LogP contribution in [0.1, 0.15) is 39.2 Å². The van der Waals surface area contributed by atoms with Crippen molar-refractivity contribution in [2.75, 3.05) is 19.6 Å². The maximum absolute atomic E-state index is 13.0. The van der Waals surface area contributed by atoms with Gasteiger partial charge in [-0.3, -0.25) is 9.59 Å². The van der Waals surface area contributed by atoms with Gasteiger partial charge in [-0.25, -0.2) is 4.79 Å². The van der Waals surface area contributed by atoms with Gasteiger partial charge in [0, 0.05) is 56.6 Å². The van der Waals surface area contributed by atoms with Crippen LogP contribution in [0.2, 0.25) is 0 Å². The maximum atomic E-state index is 13.0. The molecule has 2 heterocycles. The molecule has 1 saturated heterocycles. The standard InChI is InChI=1S/C23H32N4O4/c1-23(2,3)31-22(30)25-18(21(29)24-11-13-27-12-7-10-20(27)28)14-16-15-26(4)19-9-6-5-8-17(16)19/h5-6,8-9,15,18H,7,10-14H2,1-4H3,(H,24,29)(H,25,30)/t18-/m0/s1. The van der Waals surface area contributed by atoms with E-state index in [-0.39, 0.29) is 11.8 Å². The Morgan fingerprint density at radius 2 is 1.97 bits per heavy atom. The molecule has 8 heteroatoms. The highest BCUT2D eigenvalue weighted by molar-refractivity contribution is 5.88. The first-order chi connectivity index (χ1) is 14.6. The molecule has 2 N–H and O–H groups in total. The first kappa shape index (κ1) is 22.7. The first-order valence-corrected chi connectivity index (χ1v) is 10.7. The van der Waals surface area contributed by atoms with E-state index in [0.29, 0.717) is 25.9 Å². The lowest BCUT2D eigenvalue weighted by Crippen LogP contribution is -2.50. The predicted octanol–water partition coefficient (Wildman–Crippen LogP) is 2.35. The number of alkyl carbamates (subject to hydrolysis) is 1. The summed E-state index contributed by atoms with van der Waals surface area (Å²) < 4.78 is 7.37. The number of amides is 3. The van der Waals surface area contributed by atoms with E-state index in [2.05, 4.69) is 10.6 Å². The van der Waals surface area contributed by atoms with Crippen LogP contribution in [0.5, 0.6) is 0 Å². The van der Waals surface area contributed by atoms with Gasteiger partial charge in [0.25, 0.3) is 0 Å². The number of benzene rings is 1. The van der Waals surface area contributed by atoms with Gasteiger partial charge in [-0.15, -0.1) is 0 Å². The molecule has 3 amide bonds. The van der Waals surface area contributed by atoms with E-state index in [9.17, 15) is 14.4 Å². The van der Waals surface area contributed by atoms with E-state index < -0.39 is 17.7 Å². The zero-order chi connectivity index (χ0) is 22.6. The zero-order valence-electron chi connectivity index (χ0n) is 18.7. The molecular weight excluding hydrogens is 396 g/mol. The number of aromatic nitrogens is 1. The number of nitrogens with one attached hydrogen (secondary N) is 2. The second-order valence-electron chi connectivity index (χ2n) is 8.96. The van der Waals surface area contributed by atoms with Crippen LogP contribution in [0.4, 0.5) is 4.79 Å². The van der Waals surface area contributed by atoms with Crippen LogP contribution in [0.15, 0.2) is 30.5 Å². The highest BCUT2D eigenvalue weighted by Gasteiger charge is 2.26. The van der Waals surface area contributed by atoms with Crippen LogP contribution in [-0.4, -0.2) is 58.7 Å². The fraction of sp³-hybridized carbons (Fsp3) is 0.522. The molecule has 1 fully saturated rings. The molecule has 1 atom stereocenters. The summed E-state index contributed by atoms with van der Waals surface area (Å²) in [6, 6.07) is 7.15. The summed E-state index contributed by atoms with van der Waals surface area (Å²) in [7, 11) is 1.95. The van der Waals surface area contributed by atoms with Gasteiger partial charge in [-0.2, -0.15) is 0 Å². The second-order valence-corrected chi connectivity index (χ2v) is 8.96. The summed E-state index contributed by atoms with van der Waals surface area (Å²) in [5, 5.41) is 6.62. The van der Waals surface area contributed by atoms with E-state index in [1.54, 1.807) is 25.7 Å². The molecule has 0 radical (unpaired) electrons. The van der Waals surface area contributed by atoms with E-state index in [1.165, 1.54) is 0 Å². The number of fused-ring (bicyclic) bond motifs is 1. The van der Waals surface area contributed by atoms with E-state index in [0.717, 1.165) is 29.4 Å². The topological polar surface area (TPSA) is 92.7 Å². The third kappa shape index (κ3) is 5.99. The Bertz CT molecular complexity index is 960. The van der Waals surface area contributed by atoms with Crippen molar-refractivity contribution in [3.05, 3.63) is 36.0 Å². The average Bonchev–Trinajstić information content (AvgIpc) is 3.23. The van der Waals surface area contributed by atoms with Crippen molar-refractivity contribution in [3.8, 4) is 0 Å². The lowest BCUT2D eigenvalue weighted by Gasteiger charge is -2.24. The van der Waals surface area contributed by atoms with Crippen LogP contribution < -0.4 is 10.6 Å². The summed E-state index contributed by atoms with van der Waals surface area (Å²) in [4.78, 5) is 38.9. The number of carbonyl (C=O) groups is 3. The summed E-state index contributed by atoms with van der Waals surface area (Å²) >= 11 is 0. The van der Waals surface area contributed by atoms with Crippen LogP contribution in [0.3, 0.4) is 0 Å². The van der Waals surface area contributed by atoms with Gasteiger partial charge in [0.2, 0.25) is 11.8 Å². The van der Waals surface area contributed by atoms with Crippen molar-refractivity contribution in [1.82, 2.24) is 20.1 Å². The molecule has 1 aliphatic heterocycles. The minimum absolute atomic E-state index is 0.119. The first-order valence-electron chi connectivity index (χ1n) is 10.7. The molecule has 31 heavy (non-hydrogen) atoms. The lowest BCUT2D eigenvalue weighted by atomic mass is 10.0. The molecule has 1 aromatic carbocycles. The molecule has 0 spiro atoms. The van der Waals surface area contributed by atoms with Gasteiger partial charge in [0.15, 0.2) is 0 Å². The van der Waals surface area contributed by atoms with Crippen LogP contribution >= 0.6 is 0 Å². The van der Waals surface area contributed by atoms with Gasteiger partial charge < -0.3 is 24.8 Å². The van der Waals surface area contributed by atoms with Crippen LogP contribution in [0.25, 0.3) is 10.9 Å². The molecule has 3 rings (SSSR count). The van der Waals surface area contributed by atoms with Crippen molar-refractivity contribution >= 4 is 28.8 Å². The Hall–Kier alpha value is -3.03. The van der Waals surface area contributed by atoms with Crippen LogP contribution in [0, 0.1) is 0 Å². The Morgan fingerprint density at radius 1 is 1.23 bits per heavy atom. The monoisotopic (exact) mass is 428 g/mol. The van der Waals surface area contributed by atoms with Gasteiger partial charge >= 0.3 is 6.09 Å². The molecular formula is C23H32N4O4. The number of para-hydroxylation sites is 1. The number of ether oxygens (including phenoxy) is 1. The SMILES string of the molecule is Cn1cc(C[C@H](NC(=O)OC(C)(C)C)C(=O)NCCN2CCCC2=O)c2ccccc21. The minimum Gasteiger partial charge on any atom is -0.444 e. The maximum Gasteiger partial charge on any atom is 0.408 e. The number of aryl methyl sites for hydroxylation is 1. The average molecular weight is 429 g/mol. The normalized spacial score (nSPS) is 15.2. The molecule has 8 nitrogen and oxygen atoms in total. The number of hydrogen-bond acceptors (Lipinski definition) is 4. The molecule has 0 unspecified atom stereocenters. The predicted molar refractivity (Wildman–Crippen MR) is 119 cm³/mol.